The van der Waals surface area contributed by atoms with Gasteiger partial charge in [0.2, 0.25) is 5.91 Å². The van der Waals surface area contributed by atoms with Crippen LogP contribution in [0.4, 0.5) is 4.39 Å². The molecule has 1 amide bonds. The van der Waals surface area contributed by atoms with Crippen LogP contribution in [-0.2, 0) is 4.79 Å². The number of hydrogen-bond donors (Lipinski definition) is 3. The van der Waals surface area contributed by atoms with Gasteiger partial charge in [0.25, 0.3) is 0 Å². The van der Waals surface area contributed by atoms with Gasteiger partial charge in [-0.25, -0.2) is 4.39 Å². The van der Waals surface area contributed by atoms with Gasteiger partial charge in [-0.3, -0.25) is 4.79 Å². The van der Waals surface area contributed by atoms with Gasteiger partial charge in [0.15, 0.2) is 0 Å². The Labute approximate surface area is 105 Å². The van der Waals surface area contributed by atoms with E-state index in [1.54, 1.807) is 18.2 Å². The first-order valence-electron chi connectivity index (χ1n) is 6.12. The molecule has 1 saturated heterocycles. The van der Waals surface area contributed by atoms with E-state index < -0.39 is 11.9 Å². The summed E-state index contributed by atoms with van der Waals surface area (Å²) in [5.74, 6) is -0.484. The summed E-state index contributed by atoms with van der Waals surface area (Å²) in [5.41, 5.74) is 0.251. The molecule has 5 heteroatoms. The lowest BCUT2D eigenvalue weighted by Gasteiger charge is -2.24. The van der Waals surface area contributed by atoms with Crippen LogP contribution in [0.5, 0.6) is 0 Å². The maximum absolute atomic E-state index is 13.4. The molecule has 1 aromatic carbocycles. The molecule has 0 saturated carbocycles. The zero-order valence-electron chi connectivity index (χ0n) is 10.0. The van der Waals surface area contributed by atoms with Crippen LogP contribution in [0.1, 0.15) is 24.5 Å². The first-order valence-corrected chi connectivity index (χ1v) is 6.12. The van der Waals surface area contributed by atoms with Crippen LogP contribution in [0.2, 0.25) is 0 Å². The average Bonchev–Trinajstić information content (AvgIpc) is 2.38. The Bertz CT molecular complexity index is 425. The van der Waals surface area contributed by atoms with Crippen molar-refractivity contribution in [3.05, 3.63) is 35.6 Å². The average molecular weight is 252 g/mol. The quantitative estimate of drug-likeness (QED) is 0.740. The number of carbonyl (C=O) groups excluding carboxylic acids is 1. The van der Waals surface area contributed by atoms with E-state index in [1.807, 2.05) is 0 Å². The molecule has 1 aliphatic heterocycles. The third kappa shape index (κ3) is 3.05. The number of aliphatic hydroxyl groups is 1. The highest BCUT2D eigenvalue weighted by molar-refractivity contribution is 5.82. The van der Waals surface area contributed by atoms with Crippen molar-refractivity contribution in [2.24, 2.45) is 0 Å². The summed E-state index contributed by atoms with van der Waals surface area (Å²) in [7, 11) is 0. The summed E-state index contributed by atoms with van der Waals surface area (Å²) in [5, 5.41) is 15.6. The second kappa shape index (κ2) is 5.93. The summed E-state index contributed by atoms with van der Waals surface area (Å²) in [6.07, 6.45) is 0.718. The summed E-state index contributed by atoms with van der Waals surface area (Å²) >= 11 is 0. The van der Waals surface area contributed by atoms with E-state index in [4.69, 9.17) is 0 Å². The molecular formula is C13H17FN2O2. The van der Waals surface area contributed by atoms with E-state index in [0.29, 0.717) is 6.54 Å². The molecule has 0 spiro atoms. The van der Waals surface area contributed by atoms with Crippen LogP contribution >= 0.6 is 0 Å². The number of aliphatic hydroxyl groups excluding tert-OH is 1. The second-order valence-electron chi connectivity index (χ2n) is 4.43. The van der Waals surface area contributed by atoms with Gasteiger partial charge in [-0.1, -0.05) is 18.2 Å². The van der Waals surface area contributed by atoms with Gasteiger partial charge in [0.05, 0.1) is 12.1 Å². The summed E-state index contributed by atoms with van der Waals surface area (Å²) in [4.78, 5) is 11.5. The number of rotatable bonds is 4. The highest BCUT2D eigenvalue weighted by atomic mass is 19.1. The molecule has 3 N–H and O–H groups in total. The lowest BCUT2D eigenvalue weighted by molar-refractivity contribution is -0.124. The molecule has 0 aromatic heterocycles. The van der Waals surface area contributed by atoms with Crippen LogP contribution < -0.4 is 10.6 Å². The van der Waals surface area contributed by atoms with Gasteiger partial charge in [0, 0.05) is 18.7 Å². The Morgan fingerprint density at radius 2 is 2.28 bits per heavy atom. The van der Waals surface area contributed by atoms with E-state index in [2.05, 4.69) is 10.6 Å². The number of hydrogen-bond acceptors (Lipinski definition) is 3. The molecule has 1 aromatic rings. The normalized spacial score (nSPS) is 21.4. The van der Waals surface area contributed by atoms with Gasteiger partial charge >= 0.3 is 0 Å². The van der Waals surface area contributed by atoms with Gasteiger partial charge in [0.1, 0.15) is 5.82 Å². The van der Waals surface area contributed by atoms with Crippen molar-refractivity contribution >= 4 is 5.91 Å². The third-order valence-corrected chi connectivity index (χ3v) is 3.11. The van der Waals surface area contributed by atoms with Gasteiger partial charge < -0.3 is 15.7 Å². The molecule has 0 aliphatic carbocycles. The molecule has 0 bridgehead atoms. The maximum Gasteiger partial charge on any atom is 0.237 e. The number of carbonyl (C=O) groups is 1. The molecule has 2 rings (SSSR count). The number of nitrogens with one attached hydrogen (secondary N) is 2. The van der Waals surface area contributed by atoms with Gasteiger partial charge in [-0.05, 0) is 18.9 Å². The monoisotopic (exact) mass is 252 g/mol. The Balaban J connectivity index is 1.90. The van der Waals surface area contributed by atoms with Gasteiger partial charge in [-0.15, -0.1) is 0 Å². The van der Waals surface area contributed by atoms with E-state index in [9.17, 15) is 14.3 Å². The minimum atomic E-state index is -0.944. The van der Waals surface area contributed by atoms with Crippen molar-refractivity contribution in [2.45, 2.75) is 25.0 Å². The van der Waals surface area contributed by atoms with Gasteiger partial charge in [-0.2, -0.15) is 0 Å². The molecule has 1 aliphatic rings. The molecule has 1 fully saturated rings. The lowest BCUT2D eigenvalue weighted by Crippen LogP contribution is -2.49. The summed E-state index contributed by atoms with van der Waals surface area (Å²) < 4.78 is 13.4. The van der Waals surface area contributed by atoms with Crippen LogP contribution in [0, 0.1) is 5.82 Å². The number of piperidine rings is 1. The van der Waals surface area contributed by atoms with Crippen LogP contribution in [0.25, 0.3) is 0 Å². The Hall–Kier alpha value is -1.46. The van der Waals surface area contributed by atoms with Crippen LogP contribution in [0.15, 0.2) is 24.3 Å². The van der Waals surface area contributed by atoms with E-state index in [-0.39, 0.29) is 24.1 Å². The van der Waals surface area contributed by atoms with Crippen molar-refractivity contribution in [3.63, 3.8) is 0 Å². The number of benzene rings is 1. The fourth-order valence-electron chi connectivity index (χ4n) is 2.08. The molecule has 0 radical (unpaired) electrons. The predicted molar refractivity (Wildman–Crippen MR) is 65.4 cm³/mol. The van der Waals surface area contributed by atoms with Crippen molar-refractivity contribution < 1.29 is 14.3 Å². The summed E-state index contributed by atoms with van der Waals surface area (Å²) in [6.45, 7) is 0.867. The third-order valence-electron chi connectivity index (χ3n) is 3.11. The second-order valence-corrected chi connectivity index (χ2v) is 4.43. The summed E-state index contributed by atoms with van der Waals surface area (Å²) in [6, 6.07) is 5.82. The Morgan fingerprint density at radius 1 is 1.50 bits per heavy atom. The van der Waals surface area contributed by atoms with Crippen molar-refractivity contribution in [1.82, 2.24) is 10.6 Å². The topological polar surface area (TPSA) is 61.4 Å². The maximum atomic E-state index is 13.4. The highest BCUT2D eigenvalue weighted by Crippen LogP contribution is 2.16. The van der Waals surface area contributed by atoms with Crippen LogP contribution in [-0.4, -0.2) is 30.1 Å². The minimum absolute atomic E-state index is 0.0537. The van der Waals surface area contributed by atoms with Crippen molar-refractivity contribution in [1.29, 1.82) is 0 Å². The van der Waals surface area contributed by atoms with Crippen molar-refractivity contribution in [2.75, 3.05) is 13.1 Å². The van der Waals surface area contributed by atoms with Crippen LogP contribution in [0.3, 0.4) is 0 Å². The Morgan fingerprint density at radius 3 is 3.00 bits per heavy atom. The highest BCUT2D eigenvalue weighted by Gasteiger charge is 2.22. The molecule has 98 valence electrons. The standard InChI is InChI=1S/C13H17FN2O2/c14-10-5-2-1-4-9(10)12(17)8-16-11-6-3-7-15-13(11)18/h1-2,4-5,11-12,16-17H,3,6-8H2,(H,15,18). The molecule has 4 nitrogen and oxygen atoms in total. The fraction of sp³-hybridized carbons (Fsp3) is 0.462. The zero-order valence-corrected chi connectivity index (χ0v) is 10.0. The SMILES string of the molecule is O=C1NCCCC1NCC(O)c1ccccc1F. The lowest BCUT2D eigenvalue weighted by atomic mass is 10.1. The predicted octanol–water partition coefficient (Wildman–Crippen LogP) is 0.727. The first kappa shape index (κ1) is 13.0. The molecular weight excluding hydrogens is 235 g/mol. The fourth-order valence-corrected chi connectivity index (χ4v) is 2.08. The number of amides is 1. The zero-order chi connectivity index (χ0) is 13.0. The Kier molecular flexibility index (Phi) is 4.28. The number of halogens is 1. The molecule has 1 heterocycles. The molecule has 2 atom stereocenters. The van der Waals surface area contributed by atoms with E-state index >= 15 is 0 Å². The smallest absolute Gasteiger partial charge is 0.237 e. The molecule has 18 heavy (non-hydrogen) atoms. The van der Waals surface area contributed by atoms with Crippen molar-refractivity contribution in [3.8, 4) is 0 Å². The minimum Gasteiger partial charge on any atom is -0.387 e. The van der Waals surface area contributed by atoms with E-state index in [0.717, 1.165) is 12.8 Å². The first-order chi connectivity index (χ1) is 8.68. The largest absolute Gasteiger partial charge is 0.387 e. The van der Waals surface area contributed by atoms with E-state index in [1.165, 1.54) is 6.07 Å². The molecule has 2 unspecified atom stereocenters.